The number of carbonyl (C=O) groups excluding carboxylic acids is 1. The van der Waals surface area contributed by atoms with E-state index in [0.717, 1.165) is 11.1 Å². The van der Waals surface area contributed by atoms with Crippen molar-refractivity contribution in [1.29, 1.82) is 0 Å². The summed E-state index contributed by atoms with van der Waals surface area (Å²) in [5.74, 6) is 0.741. The fraction of sp³-hybridized carbons (Fsp3) is 0.217. The Kier molecular flexibility index (Phi) is 7.58. The molecule has 0 radical (unpaired) electrons. The molecule has 0 aliphatic heterocycles. The van der Waals surface area contributed by atoms with Crippen molar-refractivity contribution in [1.82, 2.24) is 10.3 Å². The summed E-state index contributed by atoms with van der Waals surface area (Å²) in [6.45, 7) is 1.84. The van der Waals surface area contributed by atoms with Gasteiger partial charge in [-0.05, 0) is 48.4 Å². The zero-order valence-electron chi connectivity index (χ0n) is 17.7. The maximum atomic E-state index is 12.3. The van der Waals surface area contributed by atoms with Crippen molar-refractivity contribution in [2.24, 2.45) is 0 Å². The van der Waals surface area contributed by atoms with Crippen LogP contribution in [-0.4, -0.2) is 29.5 Å². The molecule has 0 spiro atoms. The van der Waals surface area contributed by atoms with E-state index >= 15 is 0 Å². The highest BCUT2D eigenvalue weighted by Crippen LogP contribution is 2.31. The first-order valence-corrected chi connectivity index (χ1v) is 9.83. The van der Waals surface area contributed by atoms with Gasteiger partial charge in [0.25, 0.3) is 5.91 Å². The van der Waals surface area contributed by atoms with Crippen LogP contribution in [0.2, 0.25) is 0 Å². The van der Waals surface area contributed by atoms with Gasteiger partial charge in [-0.2, -0.15) is 0 Å². The molecule has 166 valence electrons. The lowest BCUT2D eigenvalue weighted by Crippen LogP contribution is -2.31. The fourth-order valence-corrected chi connectivity index (χ4v) is 2.95. The van der Waals surface area contributed by atoms with Crippen LogP contribution in [0.4, 0.5) is 5.69 Å². The molecule has 1 heterocycles. The fourth-order valence-electron chi connectivity index (χ4n) is 2.95. The zero-order chi connectivity index (χ0) is 22.9. The molecule has 3 aromatic rings. The summed E-state index contributed by atoms with van der Waals surface area (Å²) < 4.78 is 16.6. The van der Waals surface area contributed by atoms with Crippen LogP contribution < -0.4 is 19.5 Å². The van der Waals surface area contributed by atoms with Crippen molar-refractivity contribution in [2.75, 3.05) is 13.7 Å². The molecule has 1 atom stereocenters. The molecule has 9 heteroatoms. The second-order valence-corrected chi connectivity index (χ2v) is 6.86. The summed E-state index contributed by atoms with van der Waals surface area (Å²) in [5.41, 5.74) is 1.59. The molecule has 0 fully saturated rings. The Hall–Kier alpha value is -4.14. The Labute approximate surface area is 185 Å². The molecule has 0 aliphatic carbocycles. The van der Waals surface area contributed by atoms with Gasteiger partial charge in [-0.15, -0.1) is 0 Å². The van der Waals surface area contributed by atoms with Crippen molar-refractivity contribution in [3.8, 4) is 17.2 Å². The van der Waals surface area contributed by atoms with Gasteiger partial charge in [0.1, 0.15) is 6.61 Å². The van der Waals surface area contributed by atoms with Gasteiger partial charge in [-0.1, -0.05) is 18.2 Å². The molecule has 0 bridgehead atoms. The van der Waals surface area contributed by atoms with E-state index < -0.39 is 10.8 Å². The van der Waals surface area contributed by atoms with E-state index in [4.69, 9.17) is 14.2 Å². The van der Waals surface area contributed by atoms with Gasteiger partial charge in [0, 0.05) is 18.5 Å². The van der Waals surface area contributed by atoms with Crippen LogP contribution in [0.25, 0.3) is 0 Å². The topological polar surface area (TPSA) is 113 Å². The number of nitro benzene ring substituents is 1. The predicted molar refractivity (Wildman–Crippen MR) is 117 cm³/mol. The molecule has 0 saturated heterocycles. The van der Waals surface area contributed by atoms with E-state index in [1.807, 2.05) is 25.1 Å². The third-order valence-corrected chi connectivity index (χ3v) is 4.63. The molecule has 1 N–H and O–H groups in total. The van der Waals surface area contributed by atoms with E-state index in [9.17, 15) is 14.9 Å². The summed E-state index contributed by atoms with van der Waals surface area (Å²) in [6, 6.07) is 14.7. The van der Waals surface area contributed by atoms with Crippen molar-refractivity contribution >= 4 is 11.6 Å². The number of aromatic nitrogens is 1. The first-order chi connectivity index (χ1) is 15.5. The molecule has 1 amide bonds. The smallest absolute Gasteiger partial charge is 0.310 e. The van der Waals surface area contributed by atoms with Gasteiger partial charge >= 0.3 is 5.69 Å². The number of amides is 1. The van der Waals surface area contributed by atoms with E-state index in [1.54, 1.807) is 37.7 Å². The largest absolute Gasteiger partial charge is 0.493 e. The first-order valence-electron chi connectivity index (χ1n) is 9.83. The molecule has 3 rings (SSSR count). The van der Waals surface area contributed by atoms with Crippen LogP contribution in [0.1, 0.15) is 24.1 Å². The highest BCUT2D eigenvalue weighted by atomic mass is 16.6. The van der Waals surface area contributed by atoms with Crippen molar-refractivity contribution in [3.63, 3.8) is 0 Å². The van der Waals surface area contributed by atoms with Crippen LogP contribution in [0.15, 0.2) is 67.0 Å². The van der Waals surface area contributed by atoms with E-state index in [1.165, 1.54) is 18.2 Å². The lowest BCUT2D eigenvalue weighted by molar-refractivity contribution is -0.385. The molecule has 0 aliphatic rings. The van der Waals surface area contributed by atoms with Crippen LogP contribution >= 0.6 is 0 Å². The van der Waals surface area contributed by atoms with Crippen molar-refractivity contribution < 1.29 is 23.9 Å². The summed E-state index contributed by atoms with van der Waals surface area (Å²) in [6.07, 6.45) is 3.40. The predicted octanol–water partition coefficient (Wildman–Crippen LogP) is 3.83. The summed E-state index contributed by atoms with van der Waals surface area (Å²) in [5, 5.41) is 13.9. The minimum absolute atomic E-state index is 0.0395. The molecule has 2 aromatic carbocycles. The third kappa shape index (κ3) is 5.94. The molecule has 9 nitrogen and oxygen atoms in total. The number of rotatable bonds is 10. The number of nitrogens with zero attached hydrogens (tertiary/aromatic N) is 2. The first kappa shape index (κ1) is 22.5. The number of methoxy groups -OCH3 is 1. The van der Waals surface area contributed by atoms with Gasteiger partial charge in [0.15, 0.2) is 23.9 Å². The number of nitrogens with one attached hydrogen (secondary N) is 1. The summed E-state index contributed by atoms with van der Waals surface area (Å²) in [4.78, 5) is 26.8. The Morgan fingerprint density at radius 3 is 2.53 bits per heavy atom. The van der Waals surface area contributed by atoms with Crippen LogP contribution in [0, 0.1) is 10.1 Å². The average molecular weight is 437 g/mol. The average Bonchev–Trinajstić information content (AvgIpc) is 2.82. The van der Waals surface area contributed by atoms with E-state index in [0.29, 0.717) is 18.1 Å². The molecule has 1 unspecified atom stereocenters. The lowest BCUT2D eigenvalue weighted by Gasteiger charge is -2.17. The number of benzene rings is 2. The number of para-hydroxylation sites is 2. The zero-order valence-corrected chi connectivity index (χ0v) is 17.7. The van der Waals surface area contributed by atoms with Crippen LogP contribution in [-0.2, 0) is 11.4 Å². The Balaban J connectivity index is 1.59. The molecule has 1 aromatic heterocycles. The number of ether oxygens (including phenoxy) is 3. The normalized spacial score (nSPS) is 11.3. The maximum Gasteiger partial charge on any atom is 0.310 e. The third-order valence-electron chi connectivity index (χ3n) is 4.63. The van der Waals surface area contributed by atoms with Crippen molar-refractivity contribution in [2.45, 2.75) is 19.6 Å². The Morgan fingerprint density at radius 1 is 1.06 bits per heavy atom. The second-order valence-electron chi connectivity index (χ2n) is 6.86. The maximum absolute atomic E-state index is 12.3. The number of carbonyl (C=O) groups is 1. The van der Waals surface area contributed by atoms with Gasteiger partial charge in [0.05, 0.1) is 18.1 Å². The highest BCUT2D eigenvalue weighted by Gasteiger charge is 2.17. The number of pyridine rings is 1. The Bertz CT molecular complexity index is 1070. The van der Waals surface area contributed by atoms with E-state index in [-0.39, 0.29) is 24.1 Å². The summed E-state index contributed by atoms with van der Waals surface area (Å²) >= 11 is 0. The minimum atomic E-state index is -0.555. The number of nitro groups is 1. The van der Waals surface area contributed by atoms with Crippen LogP contribution in [0.5, 0.6) is 17.2 Å². The standard InChI is InChI=1S/C23H23N3O6/c1-16(25-23(27)15-32-20-6-4-3-5-19(20)26(28)29)18-7-8-21(22(13-18)30-2)31-14-17-9-11-24-12-10-17/h3-13,16H,14-15H2,1-2H3,(H,25,27). The molecule has 0 saturated carbocycles. The highest BCUT2D eigenvalue weighted by molar-refractivity contribution is 5.78. The van der Waals surface area contributed by atoms with Gasteiger partial charge < -0.3 is 19.5 Å². The van der Waals surface area contributed by atoms with Crippen LogP contribution in [0.3, 0.4) is 0 Å². The van der Waals surface area contributed by atoms with Gasteiger partial charge in [-0.25, -0.2) is 0 Å². The minimum Gasteiger partial charge on any atom is -0.493 e. The van der Waals surface area contributed by atoms with Gasteiger partial charge in [0.2, 0.25) is 0 Å². The quantitative estimate of drug-likeness (QED) is 0.379. The number of hydrogen-bond acceptors (Lipinski definition) is 7. The summed E-state index contributed by atoms with van der Waals surface area (Å²) in [7, 11) is 1.54. The Morgan fingerprint density at radius 2 is 1.81 bits per heavy atom. The molecule has 32 heavy (non-hydrogen) atoms. The van der Waals surface area contributed by atoms with Crippen molar-refractivity contribution in [3.05, 3.63) is 88.2 Å². The monoisotopic (exact) mass is 437 g/mol. The molecular weight excluding hydrogens is 414 g/mol. The SMILES string of the molecule is COc1cc(C(C)NC(=O)COc2ccccc2[N+](=O)[O-])ccc1OCc1ccncc1. The second kappa shape index (κ2) is 10.8. The lowest BCUT2D eigenvalue weighted by atomic mass is 10.1. The van der Waals surface area contributed by atoms with E-state index in [2.05, 4.69) is 10.3 Å². The number of hydrogen-bond donors (Lipinski definition) is 1. The van der Waals surface area contributed by atoms with Gasteiger partial charge in [-0.3, -0.25) is 19.9 Å². The molecular formula is C23H23N3O6.